The van der Waals surface area contributed by atoms with E-state index in [1.54, 1.807) is 12.1 Å². The Bertz CT molecular complexity index is 906. The van der Waals surface area contributed by atoms with Crippen LogP contribution in [0.25, 0.3) is 5.52 Å². The summed E-state index contributed by atoms with van der Waals surface area (Å²) in [5.74, 6) is 0.779. The first-order chi connectivity index (χ1) is 12.1. The molecule has 0 radical (unpaired) electrons. The van der Waals surface area contributed by atoms with Crippen LogP contribution in [0.2, 0.25) is 0 Å². The van der Waals surface area contributed by atoms with E-state index in [0.717, 1.165) is 18.7 Å². The average molecular weight is 343 g/mol. The third-order valence-corrected chi connectivity index (χ3v) is 4.40. The standard InChI is InChI=1S/C18H16F2N4O/c19-16(20)14(12-4-3-8-21-10-12)23-18(25)15-13-5-1-2-9-24(13)17(22-15)11-6-7-11/h1-5,8-11,14,16H,6-7H2,(H,23,25)/p+1. The number of aromatic amines is 1. The number of hydrogen-bond donors (Lipinski definition) is 2. The Kier molecular flexibility index (Phi) is 3.91. The molecule has 1 unspecified atom stereocenters. The summed E-state index contributed by atoms with van der Waals surface area (Å²) in [5.41, 5.74) is 1.26. The van der Waals surface area contributed by atoms with Gasteiger partial charge in [0.15, 0.2) is 5.52 Å². The predicted octanol–water partition coefficient (Wildman–Crippen LogP) is 2.76. The van der Waals surface area contributed by atoms with Gasteiger partial charge in [0.1, 0.15) is 6.04 Å². The van der Waals surface area contributed by atoms with Gasteiger partial charge in [0, 0.05) is 12.4 Å². The monoisotopic (exact) mass is 343 g/mol. The predicted molar refractivity (Wildman–Crippen MR) is 86.4 cm³/mol. The van der Waals surface area contributed by atoms with E-state index in [1.807, 2.05) is 22.7 Å². The Hall–Kier alpha value is -2.83. The fraction of sp³-hybridized carbons (Fsp3) is 0.278. The molecule has 0 aliphatic heterocycles. The number of hydrogen-bond acceptors (Lipinski definition) is 2. The van der Waals surface area contributed by atoms with Crippen molar-refractivity contribution in [2.75, 3.05) is 0 Å². The number of alkyl halides is 2. The van der Waals surface area contributed by atoms with Gasteiger partial charge >= 0.3 is 0 Å². The largest absolute Gasteiger partial charge is 0.336 e. The zero-order valence-corrected chi connectivity index (χ0v) is 13.3. The molecule has 4 rings (SSSR count). The van der Waals surface area contributed by atoms with E-state index in [1.165, 1.54) is 18.5 Å². The van der Waals surface area contributed by atoms with Crippen molar-refractivity contribution in [3.8, 4) is 0 Å². The number of halogens is 2. The first-order valence-electron chi connectivity index (χ1n) is 8.16. The van der Waals surface area contributed by atoms with Crippen molar-refractivity contribution in [1.82, 2.24) is 15.3 Å². The molecule has 0 bridgehead atoms. The van der Waals surface area contributed by atoms with Gasteiger partial charge in [0.05, 0.1) is 12.1 Å². The highest BCUT2D eigenvalue weighted by molar-refractivity contribution is 5.98. The minimum atomic E-state index is -2.73. The molecule has 1 fully saturated rings. The molecule has 0 spiro atoms. The van der Waals surface area contributed by atoms with Crippen molar-refractivity contribution in [2.45, 2.75) is 31.2 Å². The minimum Gasteiger partial charge on any atom is -0.336 e. The topological polar surface area (TPSA) is 61.9 Å². The molecule has 2 N–H and O–H groups in total. The molecule has 1 atom stereocenters. The summed E-state index contributed by atoms with van der Waals surface area (Å²) < 4.78 is 28.8. The minimum absolute atomic E-state index is 0.275. The molecule has 0 saturated heterocycles. The molecule has 1 amide bonds. The van der Waals surface area contributed by atoms with Gasteiger partial charge in [-0.15, -0.1) is 0 Å². The van der Waals surface area contributed by atoms with Crippen LogP contribution in [-0.4, -0.2) is 22.3 Å². The lowest BCUT2D eigenvalue weighted by molar-refractivity contribution is -0.521. The average Bonchev–Trinajstić information content (AvgIpc) is 3.40. The van der Waals surface area contributed by atoms with Crippen LogP contribution in [0, 0.1) is 0 Å². The number of amides is 1. The second-order valence-electron chi connectivity index (χ2n) is 6.19. The highest BCUT2D eigenvalue weighted by Crippen LogP contribution is 2.38. The lowest BCUT2D eigenvalue weighted by Gasteiger charge is -2.16. The van der Waals surface area contributed by atoms with E-state index in [0.29, 0.717) is 17.1 Å². The van der Waals surface area contributed by atoms with Crippen LogP contribution < -0.4 is 9.72 Å². The Balaban J connectivity index is 1.68. The zero-order chi connectivity index (χ0) is 17.4. The Morgan fingerprint density at radius 3 is 2.80 bits per heavy atom. The summed E-state index contributed by atoms with van der Waals surface area (Å²) in [7, 11) is 0. The highest BCUT2D eigenvalue weighted by Gasteiger charge is 2.36. The van der Waals surface area contributed by atoms with E-state index >= 15 is 0 Å². The third kappa shape index (κ3) is 2.97. The second kappa shape index (κ2) is 6.23. The fourth-order valence-electron chi connectivity index (χ4n) is 3.00. The Morgan fingerprint density at radius 1 is 1.28 bits per heavy atom. The number of imidazole rings is 1. The number of rotatable bonds is 5. The Morgan fingerprint density at radius 2 is 2.12 bits per heavy atom. The highest BCUT2D eigenvalue weighted by atomic mass is 19.3. The van der Waals surface area contributed by atoms with Gasteiger partial charge in [-0.3, -0.25) is 9.78 Å². The molecule has 1 saturated carbocycles. The number of aromatic nitrogens is 3. The zero-order valence-electron chi connectivity index (χ0n) is 13.3. The molecular formula is C18H17F2N4O+. The number of H-pyrrole nitrogens is 1. The van der Waals surface area contributed by atoms with Crippen molar-refractivity contribution in [3.63, 3.8) is 0 Å². The summed E-state index contributed by atoms with van der Waals surface area (Å²) >= 11 is 0. The van der Waals surface area contributed by atoms with E-state index in [2.05, 4.69) is 15.3 Å². The van der Waals surface area contributed by atoms with E-state index in [9.17, 15) is 13.6 Å². The van der Waals surface area contributed by atoms with Crippen LogP contribution in [-0.2, 0) is 0 Å². The quantitative estimate of drug-likeness (QED) is 0.700. The van der Waals surface area contributed by atoms with E-state index in [4.69, 9.17) is 0 Å². The first kappa shape index (κ1) is 15.7. The lowest BCUT2D eigenvalue weighted by atomic mass is 10.1. The van der Waals surface area contributed by atoms with Crippen molar-refractivity contribution in [2.24, 2.45) is 0 Å². The summed E-state index contributed by atoms with van der Waals surface area (Å²) in [4.78, 5) is 19.7. The van der Waals surface area contributed by atoms with Crippen LogP contribution in [0.4, 0.5) is 8.78 Å². The smallest absolute Gasteiger partial charge is 0.296 e. The van der Waals surface area contributed by atoms with Crippen LogP contribution in [0.1, 0.15) is 46.7 Å². The fourth-order valence-corrected chi connectivity index (χ4v) is 3.00. The summed E-state index contributed by atoms with van der Waals surface area (Å²) in [6.07, 6.45) is 4.12. The number of nitrogens with one attached hydrogen (secondary N) is 2. The number of fused-ring (bicyclic) bond motifs is 1. The molecule has 1 aliphatic rings. The van der Waals surface area contributed by atoms with Gasteiger partial charge in [-0.25, -0.2) is 13.8 Å². The summed E-state index contributed by atoms with van der Waals surface area (Å²) in [6.45, 7) is 0. The maximum atomic E-state index is 13.5. The van der Waals surface area contributed by atoms with Gasteiger partial charge in [0.25, 0.3) is 18.2 Å². The maximum absolute atomic E-state index is 13.5. The van der Waals surface area contributed by atoms with E-state index < -0.39 is 18.4 Å². The van der Waals surface area contributed by atoms with Gasteiger partial charge in [0.2, 0.25) is 5.69 Å². The Labute approximate surface area is 142 Å². The van der Waals surface area contributed by atoms with Crippen molar-refractivity contribution in [1.29, 1.82) is 0 Å². The van der Waals surface area contributed by atoms with Crippen LogP contribution in [0.5, 0.6) is 0 Å². The molecule has 1 aliphatic carbocycles. The maximum Gasteiger partial charge on any atom is 0.296 e. The summed E-state index contributed by atoms with van der Waals surface area (Å²) in [6, 6.07) is 7.20. The van der Waals surface area contributed by atoms with Gasteiger partial charge in [-0.1, -0.05) is 12.1 Å². The molecule has 0 aromatic carbocycles. The number of nitrogens with zero attached hydrogens (tertiary/aromatic N) is 2. The molecule has 3 aromatic heterocycles. The van der Waals surface area contributed by atoms with Crippen LogP contribution in [0.15, 0.2) is 48.9 Å². The number of carbonyl (C=O) groups is 1. The molecule has 7 heteroatoms. The first-order valence-corrected chi connectivity index (χ1v) is 8.16. The van der Waals surface area contributed by atoms with Gasteiger partial charge in [-0.2, -0.15) is 4.40 Å². The lowest BCUT2D eigenvalue weighted by Crippen LogP contribution is -2.33. The third-order valence-electron chi connectivity index (χ3n) is 4.40. The van der Waals surface area contributed by atoms with Crippen molar-refractivity contribution in [3.05, 3.63) is 66.0 Å². The normalized spacial score (nSPS) is 15.5. The molecule has 25 heavy (non-hydrogen) atoms. The van der Waals surface area contributed by atoms with Crippen molar-refractivity contribution >= 4 is 11.4 Å². The SMILES string of the molecule is O=C(NC(c1cccnc1)C(F)F)c1[nH]c(C2CC2)[n+]2ccccc12. The number of pyridine rings is 2. The second-order valence-corrected chi connectivity index (χ2v) is 6.19. The molecular weight excluding hydrogens is 326 g/mol. The molecule has 3 aromatic rings. The molecule has 3 heterocycles. The van der Waals surface area contributed by atoms with Gasteiger partial charge < -0.3 is 5.32 Å². The van der Waals surface area contributed by atoms with Gasteiger partial charge in [-0.05, 0) is 36.6 Å². The summed E-state index contributed by atoms with van der Waals surface area (Å²) in [5, 5.41) is 2.44. The number of carbonyl (C=O) groups excluding carboxylic acids is 1. The molecule has 5 nitrogen and oxygen atoms in total. The van der Waals surface area contributed by atoms with E-state index in [-0.39, 0.29) is 5.56 Å². The van der Waals surface area contributed by atoms with Crippen LogP contribution in [0.3, 0.4) is 0 Å². The van der Waals surface area contributed by atoms with Crippen LogP contribution >= 0.6 is 0 Å². The van der Waals surface area contributed by atoms with Crippen molar-refractivity contribution < 1.29 is 18.0 Å². The molecule has 128 valence electrons.